The molecule has 124 valence electrons. The van der Waals surface area contributed by atoms with Gasteiger partial charge in [-0.15, -0.1) is 0 Å². The quantitative estimate of drug-likeness (QED) is 0.853. The molecule has 2 aromatic rings. The number of aromatic nitrogens is 2. The van der Waals surface area contributed by atoms with Crippen LogP contribution in [0, 0.1) is 5.92 Å². The van der Waals surface area contributed by atoms with Crippen LogP contribution in [0.25, 0.3) is 11.0 Å². The van der Waals surface area contributed by atoms with Crippen molar-refractivity contribution < 1.29 is 4.79 Å². The van der Waals surface area contributed by atoms with E-state index in [-0.39, 0.29) is 17.6 Å². The predicted molar refractivity (Wildman–Crippen MR) is 91.4 cm³/mol. The summed E-state index contributed by atoms with van der Waals surface area (Å²) in [6, 6.07) is 8.05. The van der Waals surface area contributed by atoms with Crippen molar-refractivity contribution in [3.05, 3.63) is 34.7 Å². The van der Waals surface area contributed by atoms with Crippen LogP contribution in [0.5, 0.6) is 0 Å². The minimum Gasteiger partial charge on any atom is -0.353 e. The SMILES string of the molecule is CCCn1c(=O)n(CCC(=O)N[C@@H](C)C2CC2)c2ccccc21. The highest BCUT2D eigenvalue weighted by atomic mass is 16.2. The van der Waals surface area contributed by atoms with Gasteiger partial charge in [-0.05, 0) is 44.2 Å². The van der Waals surface area contributed by atoms with E-state index in [1.165, 1.54) is 12.8 Å². The molecule has 0 saturated heterocycles. The lowest BCUT2D eigenvalue weighted by molar-refractivity contribution is -0.122. The maximum Gasteiger partial charge on any atom is 0.329 e. The zero-order chi connectivity index (χ0) is 16.4. The van der Waals surface area contributed by atoms with Gasteiger partial charge in [0.15, 0.2) is 0 Å². The molecule has 0 unspecified atom stereocenters. The molecule has 1 aromatic carbocycles. The van der Waals surface area contributed by atoms with Crippen LogP contribution >= 0.6 is 0 Å². The standard InChI is InChI=1S/C18H25N3O2/c1-3-11-20-15-6-4-5-7-16(15)21(18(20)23)12-10-17(22)19-13(2)14-8-9-14/h4-7,13-14H,3,8-12H2,1-2H3,(H,19,22)/t13-/m0/s1. The molecular weight excluding hydrogens is 290 g/mol. The van der Waals surface area contributed by atoms with E-state index in [1.807, 2.05) is 24.3 Å². The highest BCUT2D eigenvalue weighted by Crippen LogP contribution is 2.32. The maximum absolute atomic E-state index is 12.6. The van der Waals surface area contributed by atoms with Crippen LogP contribution in [0.3, 0.4) is 0 Å². The van der Waals surface area contributed by atoms with Gasteiger partial charge in [-0.3, -0.25) is 13.9 Å². The number of carbonyl (C=O) groups excluding carboxylic acids is 1. The summed E-state index contributed by atoms with van der Waals surface area (Å²) in [4.78, 5) is 24.7. The Bertz CT molecular complexity index is 755. The number of benzene rings is 1. The lowest BCUT2D eigenvalue weighted by atomic mass is 10.2. The van der Waals surface area contributed by atoms with Crippen molar-refractivity contribution in [2.75, 3.05) is 0 Å². The third kappa shape index (κ3) is 3.33. The number of amides is 1. The van der Waals surface area contributed by atoms with E-state index in [0.29, 0.717) is 25.4 Å². The lowest BCUT2D eigenvalue weighted by Crippen LogP contribution is -2.35. The Balaban J connectivity index is 1.75. The smallest absolute Gasteiger partial charge is 0.329 e. The number of aryl methyl sites for hydroxylation is 2. The van der Waals surface area contributed by atoms with Gasteiger partial charge >= 0.3 is 5.69 Å². The molecule has 1 atom stereocenters. The summed E-state index contributed by atoms with van der Waals surface area (Å²) in [5.74, 6) is 0.678. The van der Waals surface area contributed by atoms with Crippen molar-refractivity contribution in [1.82, 2.24) is 14.5 Å². The molecule has 0 spiro atoms. The van der Waals surface area contributed by atoms with Crippen molar-refractivity contribution in [3.8, 4) is 0 Å². The molecule has 23 heavy (non-hydrogen) atoms. The van der Waals surface area contributed by atoms with Gasteiger partial charge < -0.3 is 5.32 Å². The largest absolute Gasteiger partial charge is 0.353 e. The van der Waals surface area contributed by atoms with Gasteiger partial charge in [-0.1, -0.05) is 19.1 Å². The first-order valence-electron chi connectivity index (χ1n) is 8.59. The third-order valence-corrected chi connectivity index (χ3v) is 4.65. The van der Waals surface area contributed by atoms with Crippen molar-refractivity contribution >= 4 is 16.9 Å². The van der Waals surface area contributed by atoms with Crippen molar-refractivity contribution in [1.29, 1.82) is 0 Å². The molecule has 1 aliphatic rings. The molecule has 0 aliphatic heterocycles. The van der Waals surface area contributed by atoms with Crippen molar-refractivity contribution in [3.63, 3.8) is 0 Å². The minimum atomic E-state index is -0.0175. The zero-order valence-corrected chi connectivity index (χ0v) is 13.9. The number of hydrogen-bond donors (Lipinski definition) is 1. The van der Waals surface area contributed by atoms with Gasteiger partial charge in [0.05, 0.1) is 11.0 Å². The molecule has 1 saturated carbocycles. The molecule has 3 rings (SSSR count). The molecule has 0 radical (unpaired) electrons. The second-order valence-corrected chi connectivity index (χ2v) is 6.52. The third-order valence-electron chi connectivity index (χ3n) is 4.65. The number of nitrogens with zero attached hydrogens (tertiary/aromatic N) is 2. The fourth-order valence-corrected chi connectivity index (χ4v) is 3.18. The fourth-order valence-electron chi connectivity index (χ4n) is 3.18. The average molecular weight is 315 g/mol. The van der Waals surface area contributed by atoms with E-state index in [1.54, 1.807) is 9.13 Å². The van der Waals surface area contributed by atoms with E-state index >= 15 is 0 Å². The second-order valence-electron chi connectivity index (χ2n) is 6.52. The van der Waals surface area contributed by atoms with Gasteiger partial charge in [0.2, 0.25) is 5.91 Å². The summed E-state index contributed by atoms with van der Waals surface area (Å²) >= 11 is 0. The van der Waals surface area contributed by atoms with Crippen LogP contribution in [0.15, 0.2) is 29.1 Å². The summed E-state index contributed by atoms with van der Waals surface area (Å²) in [7, 11) is 0. The molecule has 1 aliphatic carbocycles. The van der Waals surface area contributed by atoms with Crippen molar-refractivity contribution in [2.24, 2.45) is 5.92 Å². The van der Waals surface area contributed by atoms with Gasteiger partial charge in [-0.2, -0.15) is 0 Å². The monoisotopic (exact) mass is 315 g/mol. The minimum absolute atomic E-state index is 0.0175. The van der Waals surface area contributed by atoms with Gasteiger partial charge in [0, 0.05) is 25.6 Å². The highest BCUT2D eigenvalue weighted by Gasteiger charge is 2.28. The van der Waals surface area contributed by atoms with Crippen LogP contribution in [0.2, 0.25) is 0 Å². The normalized spacial score (nSPS) is 15.7. The highest BCUT2D eigenvalue weighted by molar-refractivity contribution is 5.78. The molecule has 5 nitrogen and oxygen atoms in total. The van der Waals surface area contributed by atoms with Crippen LogP contribution < -0.4 is 11.0 Å². The Hall–Kier alpha value is -2.04. The molecule has 1 amide bonds. The van der Waals surface area contributed by atoms with E-state index in [0.717, 1.165) is 17.5 Å². The molecule has 0 bridgehead atoms. The first-order chi connectivity index (χ1) is 11.1. The molecule has 1 N–H and O–H groups in total. The van der Waals surface area contributed by atoms with E-state index < -0.39 is 0 Å². The Labute approximate surface area is 136 Å². The Morgan fingerprint density at radius 1 is 1.22 bits per heavy atom. The lowest BCUT2D eigenvalue weighted by Gasteiger charge is -2.12. The van der Waals surface area contributed by atoms with E-state index in [4.69, 9.17) is 0 Å². The van der Waals surface area contributed by atoms with E-state index in [2.05, 4.69) is 19.2 Å². The zero-order valence-electron chi connectivity index (χ0n) is 13.9. The fraction of sp³-hybridized carbons (Fsp3) is 0.556. The maximum atomic E-state index is 12.6. The number of para-hydroxylation sites is 2. The number of nitrogens with one attached hydrogen (secondary N) is 1. The summed E-state index contributed by atoms with van der Waals surface area (Å²) < 4.78 is 3.53. The number of rotatable bonds is 7. The number of hydrogen-bond acceptors (Lipinski definition) is 2. The summed E-state index contributed by atoms with van der Waals surface area (Å²) in [6.45, 7) is 5.26. The number of fused-ring (bicyclic) bond motifs is 1. The van der Waals surface area contributed by atoms with Crippen LogP contribution in [0.4, 0.5) is 0 Å². The molecule has 1 heterocycles. The van der Waals surface area contributed by atoms with Gasteiger partial charge in [0.25, 0.3) is 0 Å². The molecule has 1 fully saturated rings. The topological polar surface area (TPSA) is 56.0 Å². The van der Waals surface area contributed by atoms with Crippen molar-refractivity contribution in [2.45, 2.75) is 58.7 Å². The Morgan fingerprint density at radius 3 is 2.39 bits per heavy atom. The summed E-state index contributed by atoms with van der Waals surface area (Å²) in [6.07, 6.45) is 3.68. The molecule has 5 heteroatoms. The molecule has 1 aromatic heterocycles. The first kappa shape index (κ1) is 15.8. The van der Waals surface area contributed by atoms with E-state index in [9.17, 15) is 9.59 Å². The van der Waals surface area contributed by atoms with Crippen LogP contribution in [0.1, 0.15) is 39.5 Å². The summed E-state index contributed by atoms with van der Waals surface area (Å²) in [5.41, 5.74) is 1.84. The first-order valence-corrected chi connectivity index (χ1v) is 8.59. The Morgan fingerprint density at radius 2 is 1.83 bits per heavy atom. The molecular formula is C18H25N3O2. The van der Waals surface area contributed by atoms with Crippen LogP contribution in [-0.4, -0.2) is 21.1 Å². The number of carbonyl (C=O) groups is 1. The average Bonchev–Trinajstić information content (AvgIpc) is 3.34. The Kier molecular flexibility index (Phi) is 4.55. The number of imidazole rings is 1. The second kappa shape index (κ2) is 6.60. The predicted octanol–water partition coefficient (Wildman–Crippen LogP) is 2.52. The van der Waals surface area contributed by atoms with Gasteiger partial charge in [0.1, 0.15) is 0 Å². The summed E-state index contributed by atoms with van der Waals surface area (Å²) in [5, 5.41) is 3.05. The van der Waals surface area contributed by atoms with Crippen LogP contribution in [-0.2, 0) is 17.9 Å². The van der Waals surface area contributed by atoms with Gasteiger partial charge in [-0.25, -0.2) is 4.79 Å².